The van der Waals surface area contributed by atoms with Crippen LogP contribution >= 0.6 is 0 Å². The number of carbonyl (C=O) groups is 2. The Morgan fingerprint density at radius 3 is 2.68 bits per heavy atom. The van der Waals surface area contributed by atoms with Crippen molar-refractivity contribution in [1.82, 2.24) is 0 Å². The molecule has 2 aromatic carbocycles. The molecule has 1 aliphatic heterocycles. The summed E-state index contributed by atoms with van der Waals surface area (Å²) in [6, 6.07) is 13.4. The lowest BCUT2D eigenvalue weighted by molar-refractivity contribution is -0.128. The lowest BCUT2D eigenvalue weighted by Gasteiger charge is -2.19. The van der Waals surface area contributed by atoms with Crippen LogP contribution in [0.1, 0.15) is 16.8 Å². The van der Waals surface area contributed by atoms with E-state index in [1.54, 1.807) is 6.07 Å². The molecule has 1 heterocycles. The quantitative estimate of drug-likeness (QED) is 0.611. The van der Waals surface area contributed by atoms with E-state index < -0.39 is 5.92 Å². The van der Waals surface area contributed by atoms with Crippen molar-refractivity contribution in [1.29, 1.82) is 0 Å². The van der Waals surface area contributed by atoms with Crippen LogP contribution in [0.15, 0.2) is 42.5 Å². The van der Waals surface area contributed by atoms with E-state index in [0.29, 0.717) is 18.6 Å². The molecule has 3 rings (SSSR count). The van der Waals surface area contributed by atoms with Crippen molar-refractivity contribution in [3.8, 4) is 0 Å². The van der Waals surface area contributed by atoms with Crippen LogP contribution in [-0.2, 0) is 9.53 Å². The molecule has 0 radical (unpaired) electrons. The molecule has 96 valence electrons. The van der Waals surface area contributed by atoms with E-state index in [9.17, 15) is 9.59 Å². The third-order valence-corrected chi connectivity index (χ3v) is 3.52. The summed E-state index contributed by atoms with van der Waals surface area (Å²) in [6.45, 7) is 0.644. The maximum Gasteiger partial charge on any atom is 0.175 e. The van der Waals surface area contributed by atoms with Gasteiger partial charge in [0.25, 0.3) is 0 Å². The van der Waals surface area contributed by atoms with Gasteiger partial charge in [0.15, 0.2) is 5.78 Å². The molecular formula is C16H14O3. The number of fused-ring (bicyclic) bond motifs is 1. The molecule has 0 N–H and O–H groups in total. The van der Waals surface area contributed by atoms with Gasteiger partial charge in [-0.2, -0.15) is 0 Å². The first-order chi connectivity index (χ1) is 9.25. The Balaban J connectivity index is 1.94. The van der Waals surface area contributed by atoms with Crippen molar-refractivity contribution in [2.24, 2.45) is 5.92 Å². The van der Waals surface area contributed by atoms with Crippen LogP contribution in [-0.4, -0.2) is 24.8 Å². The maximum atomic E-state index is 12.4. The number of hydrogen-bond donors (Lipinski definition) is 0. The maximum absolute atomic E-state index is 12.4. The van der Waals surface area contributed by atoms with E-state index in [1.165, 1.54) is 0 Å². The van der Waals surface area contributed by atoms with E-state index in [-0.39, 0.29) is 18.2 Å². The van der Waals surface area contributed by atoms with Crippen molar-refractivity contribution in [3.05, 3.63) is 48.0 Å². The first-order valence-corrected chi connectivity index (χ1v) is 6.39. The molecule has 1 aliphatic rings. The fourth-order valence-corrected chi connectivity index (χ4v) is 2.41. The Morgan fingerprint density at radius 2 is 1.89 bits per heavy atom. The summed E-state index contributed by atoms with van der Waals surface area (Å²) in [4.78, 5) is 24.1. The number of benzene rings is 2. The highest BCUT2D eigenvalue weighted by atomic mass is 16.5. The Morgan fingerprint density at radius 1 is 1.11 bits per heavy atom. The summed E-state index contributed by atoms with van der Waals surface area (Å²) < 4.78 is 5.24. The molecule has 1 fully saturated rings. The number of carbonyl (C=O) groups excluding carboxylic acids is 2. The number of ketones is 2. The average molecular weight is 254 g/mol. The minimum atomic E-state index is -0.630. The van der Waals surface area contributed by atoms with Crippen molar-refractivity contribution >= 4 is 22.3 Å². The van der Waals surface area contributed by atoms with Gasteiger partial charge in [0.2, 0.25) is 0 Å². The molecule has 0 saturated carbocycles. The number of hydrogen-bond acceptors (Lipinski definition) is 3. The molecule has 3 nitrogen and oxygen atoms in total. The molecule has 0 aromatic heterocycles. The van der Waals surface area contributed by atoms with E-state index >= 15 is 0 Å². The number of Topliss-reactive ketones (excluding diaryl/α,β-unsaturated/α-hetero) is 2. The Hall–Kier alpha value is -2.00. The predicted octanol–water partition coefficient (Wildman–Crippen LogP) is 2.63. The highest BCUT2D eigenvalue weighted by Gasteiger charge is 2.30. The van der Waals surface area contributed by atoms with Gasteiger partial charge in [-0.25, -0.2) is 0 Å². The second-order valence-electron chi connectivity index (χ2n) is 4.77. The first kappa shape index (κ1) is 12.1. The third-order valence-electron chi connectivity index (χ3n) is 3.52. The zero-order chi connectivity index (χ0) is 13.2. The topological polar surface area (TPSA) is 43.4 Å². The third kappa shape index (κ3) is 2.29. The fraction of sp³-hybridized carbons (Fsp3) is 0.250. The molecule has 0 amide bonds. The summed E-state index contributed by atoms with van der Waals surface area (Å²) in [5.41, 5.74) is 0.586. The molecule has 0 bridgehead atoms. The monoisotopic (exact) mass is 254 g/mol. The smallest absolute Gasteiger partial charge is 0.175 e. The standard InChI is InChI=1S/C16H14O3/c17-15-7-8-19-10-14(15)16(18)13-6-5-11-3-1-2-4-12(11)9-13/h1-6,9,14H,7-8,10H2. The molecule has 0 spiro atoms. The second kappa shape index (κ2) is 4.94. The summed E-state index contributed by atoms with van der Waals surface area (Å²) >= 11 is 0. The van der Waals surface area contributed by atoms with Crippen LogP contribution in [0.3, 0.4) is 0 Å². The van der Waals surface area contributed by atoms with E-state index in [2.05, 4.69) is 0 Å². The van der Waals surface area contributed by atoms with Crippen LogP contribution in [0.25, 0.3) is 10.8 Å². The van der Waals surface area contributed by atoms with Crippen molar-refractivity contribution in [2.75, 3.05) is 13.2 Å². The van der Waals surface area contributed by atoms with Gasteiger partial charge in [-0.05, 0) is 16.8 Å². The van der Waals surface area contributed by atoms with Gasteiger partial charge in [0, 0.05) is 12.0 Å². The molecule has 2 aromatic rings. The van der Waals surface area contributed by atoms with Crippen LogP contribution in [0.4, 0.5) is 0 Å². The summed E-state index contributed by atoms with van der Waals surface area (Å²) in [5, 5.41) is 2.10. The van der Waals surface area contributed by atoms with Crippen LogP contribution in [0.5, 0.6) is 0 Å². The minimum Gasteiger partial charge on any atom is -0.380 e. The van der Waals surface area contributed by atoms with Gasteiger partial charge in [0.1, 0.15) is 11.7 Å². The minimum absolute atomic E-state index is 0.00981. The van der Waals surface area contributed by atoms with Crippen molar-refractivity contribution in [2.45, 2.75) is 6.42 Å². The first-order valence-electron chi connectivity index (χ1n) is 6.39. The Labute approximate surface area is 111 Å². The molecule has 3 heteroatoms. The summed E-state index contributed by atoms with van der Waals surface area (Å²) in [5.74, 6) is -0.769. The molecule has 1 atom stereocenters. The largest absolute Gasteiger partial charge is 0.380 e. The Kier molecular flexibility index (Phi) is 3.13. The van der Waals surface area contributed by atoms with Gasteiger partial charge < -0.3 is 4.74 Å². The highest BCUT2D eigenvalue weighted by molar-refractivity contribution is 6.12. The molecule has 0 aliphatic carbocycles. The average Bonchev–Trinajstić information content (AvgIpc) is 2.46. The summed E-state index contributed by atoms with van der Waals surface area (Å²) in [6.07, 6.45) is 0.337. The van der Waals surface area contributed by atoms with Crippen molar-refractivity contribution < 1.29 is 14.3 Å². The fourth-order valence-electron chi connectivity index (χ4n) is 2.41. The van der Waals surface area contributed by atoms with E-state index in [0.717, 1.165) is 10.8 Å². The van der Waals surface area contributed by atoms with Gasteiger partial charge in [-0.1, -0.05) is 36.4 Å². The Bertz CT molecular complexity index is 645. The van der Waals surface area contributed by atoms with Crippen molar-refractivity contribution in [3.63, 3.8) is 0 Å². The van der Waals surface area contributed by atoms with Gasteiger partial charge >= 0.3 is 0 Å². The van der Waals surface area contributed by atoms with Crippen LogP contribution in [0, 0.1) is 5.92 Å². The van der Waals surface area contributed by atoms with Gasteiger partial charge in [-0.15, -0.1) is 0 Å². The van der Waals surface area contributed by atoms with E-state index in [1.807, 2.05) is 36.4 Å². The second-order valence-corrected chi connectivity index (χ2v) is 4.77. The number of rotatable bonds is 2. The molecule has 1 saturated heterocycles. The number of ether oxygens (including phenoxy) is 1. The van der Waals surface area contributed by atoms with Gasteiger partial charge in [-0.3, -0.25) is 9.59 Å². The van der Waals surface area contributed by atoms with Gasteiger partial charge in [0.05, 0.1) is 13.2 Å². The zero-order valence-corrected chi connectivity index (χ0v) is 10.5. The summed E-state index contributed by atoms with van der Waals surface area (Å²) in [7, 11) is 0. The molecular weight excluding hydrogens is 240 g/mol. The SMILES string of the molecule is O=C1CCOCC1C(=O)c1ccc2ccccc2c1. The van der Waals surface area contributed by atoms with Crippen LogP contribution < -0.4 is 0 Å². The molecule has 1 unspecified atom stereocenters. The molecule has 19 heavy (non-hydrogen) atoms. The van der Waals surface area contributed by atoms with E-state index in [4.69, 9.17) is 4.74 Å². The highest BCUT2D eigenvalue weighted by Crippen LogP contribution is 2.20. The normalized spacial score (nSPS) is 19.6. The van der Waals surface area contributed by atoms with Crippen LogP contribution in [0.2, 0.25) is 0 Å². The lowest BCUT2D eigenvalue weighted by Crippen LogP contribution is -2.33. The predicted molar refractivity (Wildman–Crippen MR) is 72.2 cm³/mol. The lowest BCUT2D eigenvalue weighted by atomic mass is 9.90. The zero-order valence-electron chi connectivity index (χ0n) is 10.5.